The molecule has 0 heterocycles. The normalized spacial score (nSPS) is 12.2. The molecule has 19 heavy (non-hydrogen) atoms. The van der Waals surface area contributed by atoms with Gasteiger partial charge in [0, 0.05) is 21.2 Å². The Kier molecular flexibility index (Phi) is 4.89. The highest BCUT2D eigenvalue weighted by atomic mass is 79.9. The van der Waals surface area contributed by atoms with E-state index in [4.69, 9.17) is 11.6 Å². The monoisotopic (exact) mass is 337 g/mol. The Balaban J connectivity index is 2.13. The molecule has 3 heteroatoms. The summed E-state index contributed by atoms with van der Waals surface area (Å²) in [5.74, 6) is 0. The summed E-state index contributed by atoms with van der Waals surface area (Å²) in [6.07, 6.45) is 1.07. The average Bonchev–Trinajstić information content (AvgIpc) is 2.42. The number of halogens is 2. The maximum Gasteiger partial charge on any atom is 0.0490 e. The lowest BCUT2D eigenvalue weighted by Crippen LogP contribution is -2.07. The van der Waals surface area contributed by atoms with Crippen molar-refractivity contribution in [1.82, 2.24) is 0 Å². The molecule has 2 rings (SSSR count). The molecule has 2 aromatic carbocycles. The van der Waals surface area contributed by atoms with Crippen molar-refractivity contribution in [1.29, 1.82) is 0 Å². The van der Waals surface area contributed by atoms with E-state index in [2.05, 4.69) is 59.4 Å². The van der Waals surface area contributed by atoms with Crippen LogP contribution in [0.1, 0.15) is 31.0 Å². The van der Waals surface area contributed by atoms with Crippen LogP contribution in [0.15, 0.2) is 46.9 Å². The molecule has 0 aliphatic carbocycles. The lowest BCUT2D eigenvalue weighted by atomic mass is 10.0. The van der Waals surface area contributed by atoms with Crippen molar-refractivity contribution in [3.8, 4) is 0 Å². The van der Waals surface area contributed by atoms with Crippen molar-refractivity contribution < 1.29 is 0 Å². The molecule has 0 aromatic heterocycles. The molecule has 0 radical (unpaired) electrons. The third-order valence-corrected chi connectivity index (χ3v) is 4.08. The lowest BCUT2D eigenvalue weighted by Gasteiger charge is -2.17. The Hall–Kier alpha value is -0.990. The zero-order chi connectivity index (χ0) is 13.8. The summed E-state index contributed by atoms with van der Waals surface area (Å²) in [5.41, 5.74) is 3.69. The van der Waals surface area contributed by atoms with E-state index in [1.54, 1.807) is 0 Å². The van der Waals surface area contributed by atoms with Gasteiger partial charge in [-0.1, -0.05) is 42.8 Å². The van der Waals surface area contributed by atoms with E-state index in [-0.39, 0.29) is 6.04 Å². The van der Waals surface area contributed by atoms with E-state index in [1.807, 2.05) is 18.2 Å². The van der Waals surface area contributed by atoms with E-state index in [9.17, 15) is 0 Å². The summed E-state index contributed by atoms with van der Waals surface area (Å²) in [6.45, 7) is 4.32. The van der Waals surface area contributed by atoms with Crippen LogP contribution in [0.5, 0.6) is 0 Å². The fraction of sp³-hybridized carbons (Fsp3) is 0.250. The van der Waals surface area contributed by atoms with Gasteiger partial charge in [0.15, 0.2) is 0 Å². The fourth-order valence-corrected chi connectivity index (χ4v) is 2.76. The SMILES string of the molecule is CCc1ccc(C(C)Nc2ccc(Cl)cc2Br)cc1. The van der Waals surface area contributed by atoms with Gasteiger partial charge in [0.25, 0.3) is 0 Å². The summed E-state index contributed by atoms with van der Waals surface area (Å²) < 4.78 is 0.983. The third kappa shape index (κ3) is 3.74. The van der Waals surface area contributed by atoms with Crippen LogP contribution in [0.2, 0.25) is 5.02 Å². The Morgan fingerprint density at radius 1 is 1.16 bits per heavy atom. The highest BCUT2D eigenvalue weighted by molar-refractivity contribution is 9.10. The molecule has 0 fully saturated rings. The van der Waals surface area contributed by atoms with Gasteiger partial charge < -0.3 is 5.32 Å². The fourth-order valence-electron chi connectivity index (χ4n) is 1.97. The standard InChI is InChI=1S/C16H17BrClN/c1-3-12-4-6-13(7-5-12)11(2)19-16-9-8-14(18)10-15(16)17/h4-11,19H,3H2,1-2H3. The zero-order valence-electron chi connectivity index (χ0n) is 11.1. The van der Waals surface area contributed by atoms with E-state index in [0.29, 0.717) is 0 Å². The van der Waals surface area contributed by atoms with Crippen LogP contribution in [0.3, 0.4) is 0 Å². The van der Waals surface area contributed by atoms with Gasteiger partial charge in [0.2, 0.25) is 0 Å². The molecule has 0 saturated heterocycles. The van der Waals surface area contributed by atoms with E-state index in [1.165, 1.54) is 11.1 Å². The van der Waals surface area contributed by atoms with Crippen molar-refractivity contribution in [2.24, 2.45) is 0 Å². The Morgan fingerprint density at radius 3 is 2.42 bits per heavy atom. The Labute approximate surface area is 128 Å². The van der Waals surface area contributed by atoms with Crippen LogP contribution in [0.25, 0.3) is 0 Å². The lowest BCUT2D eigenvalue weighted by molar-refractivity contribution is 0.881. The molecule has 1 unspecified atom stereocenters. The first-order valence-electron chi connectivity index (χ1n) is 6.40. The van der Waals surface area contributed by atoms with E-state index < -0.39 is 0 Å². The maximum absolute atomic E-state index is 5.95. The molecule has 0 amide bonds. The van der Waals surface area contributed by atoms with E-state index in [0.717, 1.165) is 21.6 Å². The molecule has 0 spiro atoms. The highest BCUT2D eigenvalue weighted by Crippen LogP contribution is 2.29. The van der Waals surface area contributed by atoms with Gasteiger partial charge >= 0.3 is 0 Å². The summed E-state index contributed by atoms with van der Waals surface area (Å²) in [5, 5.41) is 4.22. The van der Waals surface area contributed by atoms with Crippen LogP contribution in [0.4, 0.5) is 5.69 Å². The van der Waals surface area contributed by atoms with Crippen LogP contribution in [0, 0.1) is 0 Å². The van der Waals surface area contributed by atoms with Crippen LogP contribution in [-0.2, 0) is 6.42 Å². The topological polar surface area (TPSA) is 12.0 Å². The minimum Gasteiger partial charge on any atom is -0.378 e. The second-order valence-electron chi connectivity index (χ2n) is 4.59. The number of anilines is 1. The molecule has 100 valence electrons. The van der Waals surface area contributed by atoms with Gasteiger partial charge in [-0.15, -0.1) is 0 Å². The number of rotatable bonds is 4. The predicted octanol–water partition coefficient (Wildman–Crippen LogP) is 5.84. The molecular weight excluding hydrogens is 322 g/mol. The molecule has 0 aliphatic rings. The minimum absolute atomic E-state index is 0.253. The molecule has 0 aliphatic heterocycles. The zero-order valence-corrected chi connectivity index (χ0v) is 13.4. The molecule has 2 aromatic rings. The average molecular weight is 339 g/mol. The first-order valence-corrected chi connectivity index (χ1v) is 7.57. The van der Waals surface area contributed by atoms with Gasteiger partial charge in [-0.05, 0) is 58.6 Å². The molecule has 1 nitrogen and oxygen atoms in total. The van der Waals surface area contributed by atoms with Crippen molar-refractivity contribution in [2.75, 3.05) is 5.32 Å². The van der Waals surface area contributed by atoms with Crippen LogP contribution < -0.4 is 5.32 Å². The van der Waals surface area contributed by atoms with Gasteiger partial charge in [0.1, 0.15) is 0 Å². The molecule has 0 saturated carbocycles. The van der Waals surface area contributed by atoms with Crippen molar-refractivity contribution >= 4 is 33.2 Å². The molecule has 0 bridgehead atoms. The summed E-state index contributed by atoms with van der Waals surface area (Å²) >= 11 is 9.47. The van der Waals surface area contributed by atoms with Crippen molar-refractivity contribution in [3.05, 3.63) is 63.1 Å². The molecule has 1 atom stereocenters. The van der Waals surface area contributed by atoms with Crippen LogP contribution in [-0.4, -0.2) is 0 Å². The number of aryl methyl sites for hydroxylation is 1. The third-order valence-electron chi connectivity index (χ3n) is 3.19. The number of nitrogens with one attached hydrogen (secondary N) is 1. The maximum atomic E-state index is 5.95. The van der Waals surface area contributed by atoms with Crippen LogP contribution >= 0.6 is 27.5 Å². The smallest absolute Gasteiger partial charge is 0.0490 e. The first-order chi connectivity index (χ1) is 9.10. The van der Waals surface area contributed by atoms with Gasteiger partial charge in [-0.3, -0.25) is 0 Å². The number of benzene rings is 2. The second-order valence-corrected chi connectivity index (χ2v) is 5.88. The highest BCUT2D eigenvalue weighted by Gasteiger charge is 2.07. The quantitative estimate of drug-likeness (QED) is 0.738. The molecular formula is C16H17BrClN. The van der Waals surface area contributed by atoms with Gasteiger partial charge in [0.05, 0.1) is 0 Å². The first kappa shape index (κ1) is 14.4. The van der Waals surface area contributed by atoms with Gasteiger partial charge in [-0.2, -0.15) is 0 Å². The Bertz CT molecular complexity index is 551. The minimum atomic E-state index is 0.253. The molecule has 1 N–H and O–H groups in total. The predicted molar refractivity (Wildman–Crippen MR) is 87.0 cm³/mol. The summed E-state index contributed by atoms with van der Waals surface area (Å²) in [7, 11) is 0. The van der Waals surface area contributed by atoms with Crippen molar-refractivity contribution in [3.63, 3.8) is 0 Å². The second kappa shape index (κ2) is 6.44. The Morgan fingerprint density at radius 2 is 1.84 bits per heavy atom. The largest absolute Gasteiger partial charge is 0.378 e. The number of hydrogen-bond acceptors (Lipinski definition) is 1. The number of hydrogen-bond donors (Lipinski definition) is 1. The summed E-state index contributed by atoms with van der Waals surface area (Å²) in [4.78, 5) is 0. The van der Waals surface area contributed by atoms with Crippen molar-refractivity contribution in [2.45, 2.75) is 26.3 Å². The van der Waals surface area contributed by atoms with E-state index >= 15 is 0 Å². The van der Waals surface area contributed by atoms with Gasteiger partial charge in [-0.25, -0.2) is 0 Å². The summed E-state index contributed by atoms with van der Waals surface area (Å²) in [6, 6.07) is 14.8.